The lowest BCUT2D eigenvalue weighted by molar-refractivity contribution is -0.140. The zero-order chi connectivity index (χ0) is 31.8. The molecule has 1 N–H and O–H groups in total. The van der Waals surface area contributed by atoms with Gasteiger partial charge in [-0.15, -0.1) is 0 Å². The van der Waals surface area contributed by atoms with Crippen LogP contribution < -0.4 is 14.2 Å². The van der Waals surface area contributed by atoms with Gasteiger partial charge in [-0.1, -0.05) is 61.7 Å². The van der Waals surface area contributed by atoms with E-state index in [1.54, 1.807) is 68.0 Å². The molecule has 1 aliphatic heterocycles. The monoisotopic (exact) mass is 606 g/mol. The highest BCUT2D eigenvalue weighted by Crippen LogP contribution is 2.43. The molecule has 1 aliphatic rings. The molecular weight excluding hydrogens is 568 g/mol. The number of likely N-dealkylation sites (tertiary alicyclic amines) is 1. The molecule has 1 unspecified atom stereocenters. The number of hydrogen-bond acceptors (Lipinski definition) is 7. The van der Waals surface area contributed by atoms with E-state index in [0.29, 0.717) is 41.6 Å². The molecule has 0 aliphatic carbocycles. The molecule has 8 heteroatoms. The Kier molecular flexibility index (Phi) is 10.1. The number of benzene rings is 3. The number of rotatable bonds is 13. The smallest absolute Gasteiger partial charge is 0.295 e. The van der Waals surface area contributed by atoms with E-state index in [4.69, 9.17) is 14.2 Å². The Labute approximate surface area is 263 Å². The first-order chi connectivity index (χ1) is 21.9. The Morgan fingerprint density at radius 3 is 2.42 bits per heavy atom. The number of nitrogens with zero attached hydrogens (tertiary/aromatic N) is 2. The SMILES string of the molecule is CCCCCOc1ccc(C2C(=C(O)c3ccc(OCc4cccc(C)c4)cc3)C(=O)C(=O)N2Cc2cccnc2)cc1OC. The van der Waals surface area contributed by atoms with Crippen LogP contribution in [0.5, 0.6) is 17.2 Å². The summed E-state index contributed by atoms with van der Waals surface area (Å²) in [6, 6.07) is 23.0. The number of aliphatic hydroxyl groups excluding tert-OH is 1. The van der Waals surface area contributed by atoms with Crippen molar-refractivity contribution < 1.29 is 28.9 Å². The number of unbranched alkanes of at least 4 members (excludes halogenated alkanes) is 2. The molecule has 1 aromatic heterocycles. The highest BCUT2D eigenvalue weighted by atomic mass is 16.5. The minimum absolute atomic E-state index is 0.00372. The van der Waals surface area contributed by atoms with Gasteiger partial charge in [-0.25, -0.2) is 0 Å². The van der Waals surface area contributed by atoms with E-state index in [1.165, 1.54) is 4.90 Å². The van der Waals surface area contributed by atoms with E-state index < -0.39 is 17.7 Å². The fourth-order valence-electron chi connectivity index (χ4n) is 5.42. The van der Waals surface area contributed by atoms with Crippen LogP contribution >= 0.6 is 0 Å². The van der Waals surface area contributed by atoms with Crippen LogP contribution in [-0.2, 0) is 22.7 Å². The first-order valence-electron chi connectivity index (χ1n) is 15.2. The zero-order valence-corrected chi connectivity index (χ0v) is 25.9. The maximum absolute atomic E-state index is 13.6. The predicted octanol–water partition coefficient (Wildman–Crippen LogP) is 7.17. The molecule has 0 saturated carbocycles. The number of aromatic nitrogens is 1. The zero-order valence-electron chi connectivity index (χ0n) is 25.9. The second-order valence-electron chi connectivity index (χ2n) is 11.1. The Balaban J connectivity index is 1.48. The van der Waals surface area contributed by atoms with E-state index in [0.717, 1.165) is 36.0 Å². The molecule has 8 nitrogen and oxygen atoms in total. The van der Waals surface area contributed by atoms with Crippen molar-refractivity contribution in [1.82, 2.24) is 9.88 Å². The molecule has 45 heavy (non-hydrogen) atoms. The van der Waals surface area contributed by atoms with Crippen molar-refractivity contribution in [2.24, 2.45) is 0 Å². The van der Waals surface area contributed by atoms with Gasteiger partial charge in [0.1, 0.15) is 18.1 Å². The second kappa shape index (κ2) is 14.6. The van der Waals surface area contributed by atoms with Crippen LogP contribution in [0, 0.1) is 6.92 Å². The molecule has 1 fully saturated rings. The first kappa shape index (κ1) is 31.3. The molecule has 0 spiro atoms. The van der Waals surface area contributed by atoms with Gasteiger partial charge in [0.15, 0.2) is 11.5 Å². The van der Waals surface area contributed by atoms with Crippen LogP contribution in [0.15, 0.2) is 96.8 Å². The Morgan fingerprint density at radius 1 is 0.911 bits per heavy atom. The standard InChI is InChI=1S/C37H38N2O6/c1-4-5-6-19-44-31-17-14-29(21-32(31)43-3)34-33(36(41)37(42)39(34)23-27-11-8-18-38-22-27)35(40)28-12-15-30(16-13-28)45-24-26-10-7-9-25(2)20-26/h7-18,20-22,34,40H,4-6,19,23-24H2,1-3H3. The summed E-state index contributed by atoms with van der Waals surface area (Å²) in [4.78, 5) is 32.7. The van der Waals surface area contributed by atoms with Gasteiger partial charge < -0.3 is 24.2 Å². The summed E-state index contributed by atoms with van der Waals surface area (Å²) >= 11 is 0. The van der Waals surface area contributed by atoms with Gasteiger partial charge in [0, 0.05) is 24.5 Å². The van der Waals surface area contributed by atoms with Crippen LogP contribution in [0.4, 0.5) is 0 Å². The van der Waals surface area contributed by atoms with Crippen LogP contribution in [0.25, 0.3) is 5.76 Å². The lowest BCUT2D eigenvalue weighted by atomic mass is 9.94. The highest BCUT2D eigenvalue weighted by Gasteiger charge is 2.46. The third-order valence-electron chi connectivity index (χ3n) is 7.74. The van der Waals surface area contributed by atoms with E-state index in [-0.39, 0.29) is 17.9 Å². The van der Waals surface area contributed by atoms with E-state index in [9.17, 15) is 14.7 Å². The maximum Gasteiger partial charge on any atom is 0.295 e. The van der Waals surface area contributed by atoms with Gasteiger partial charge in [0.25, 0.3) is 11.7 Å². The minimum atomic E-state index is -0.870. The quantitative estimate of drug-likeness (QED) is 0.0746. The number of pyridine rings is 1. The molecule has 0 radical (unpaired) electrons. The number of carbonyl (C=O) groups is 2. The number of carbonyl (C=O) groups excluding carboxylic acids is 2. The molecular formula is C37H38N2O6. The lowest BCUT2D eigenvalue weighted by Crippen LogP contribution is -2.29. The fourth-order valence-corrected chi connectivity index (χ4v) is 5.42. The average Bonchev–Trinajstić information content (AvgIpc) is 3.31. The summed E-state index contributed by atoms with van der Waals surface area (Å²) in [5.41, 5.74) is 3.94. The number of aliphatic hydroxyl groups is 1. The van der Waals surface area contributed by atoms with Crippen molar-refractivity contribution in [1.29, 1.82) is 0 Å². The number of Topliss-reactive ketones (excluding diaryl/α,β-unsaturated/α-hetero) is 1. The third-order valence-corrected chi connectivity index (χ3v) is 7.74. The molecule has 1 amide bonds. The van der Waals surface area contributed by atoms with Gasteiger partial charge in [-0.05, 0) is 72.5 Å². The van der Waals surface area contributed by atoms with Crippen LogP contribution in [0.2, 0.25) is 0 Å². The molecule has 0 bridgehead atoms. The van der Waals surface area contributed by atoms with Gasteiger partial charge in [-0.3, -0.25) is 14.6 Å². The first-order valence-corrected chi connectivity index (χ1v) is 15.2. The number of methoxy groups -OCH3 is 1. The number of amides is 1. The van der Waals surface area contributed by atoms with Crippen molar-refractivity contribution in [3.63, 3.8) is 0 Å². The topological polar surface area (TPSA) is 98.2 Å². The van der Waals surface area contributed by atoms with E-state index in [2.05, 4.69) is 18.0 Å². The van der Waals surface area contributed by atoms with Gasteiger partial charge in [0.2, 0.25) is 0 Å². The van der Waals surface area contributed by atoms with Gasteiger partial charge >= 0.3 is 0 Å². The number of hydrogen-bond donors (Lipinski definition) is 1. The van der Waals surface area contributed by atoms with Crippen molar-refractivity contribution in [2.45, 2.75) is 52.3 Å². The molecule has 1 atom stereocenters. The van der Waals surface area contributed by atoms with E-state index in [1.807, 2.05) is 31.2 Å². The van der Waals surface area contributed by atoms with Crippen LogP contribution in [-0.4, -0.2) is 40.4 Å². The fraction of sp³-hybridized carbons (Fsp3) is 0.270. The average molecular weight is 607 g/mol. The summed E-state index contributed by atoms with van der Waals surface area (Å²) in [6.07, 6.45) is 6.36. The largest absolute Gasteiger partial charge is 0.507 e. The number of aryl methyl sites for hydroxylation is 1. The summed E-state index contributed by atoms with van der Waals surface area (Å²) in [5.74, 6) is -0.0756. The second-order valence-corrected chi connectivity index (χ2v) is 11.1. The molecule has 4 aromatic rings. The summed E-state index contributed by atoms with van der Waals surface area (Å²) in [6.45, 7) is 5.23. The molecule has 3 aromatic carbocycles. The summed E-state index contributed by atoms with van der Waals surface area (Å²) < 4.78 is 17.6. The Hall–Kier alpha value is -5.11. The van der Waals surface area contributed by atoms with Crippen molar-refractivity contribution in [2.75, 3.05) is 13.7 Å². The van der Waals surface area contributed by atoms with Gasteiger partial charge in [-0.2, -0.15) is 0 Å². The predicted molar refractivity (Wildman–Crippen MR) is 172 cm³/mol. The molecule has 2 heterocycles. The van der Waals surface area contributed by atoms with Gasteiger partial charge in [0.05, 0.1) is 25.3 Å². The van der Waals surface area contributed by atoms with Crippen molar-refractivity contribution in [3.8, 4) is 17.2 Å². The normalized spacial score (nSPS) is 15.7. The molecule has 1 saturated heterocycles. The summed E-state index contributed by atoms with van der Waals surface area (Å²) in [5, 5.41) is 11.6. The highest BCUT2D eigenvalue weighted by molar-refractivity contribution is 6.46. The van der Waals surface area contributed by atoms with Crippen LogP contribution in [0.3, 0.4) is 0 Å². The minimum Gasteiger partial charge on any atom is -0.507 e. The van der Waals surface area contributed by atoms with Crippen LogP contribution in [0.1, 0.15) is 60.0 Å². The van der Waals surface area contributed by atoms with E-state index >= 15 is 0 Å². The third kappa shape index (κ3) is 7.34. The molecule has 5 rings (SSSR count). The maximum atomic E-state index is 13.6. The number of ketones is 1. The lowest BCUT2D eigenvalue weighted by Gasteiger charge is -2.26. The summed E-state index contributed by atoms with van der Waals surface area (Å²) in [7, 11) is 1.55. The number of ether oxygens (including phenoxy) is 3. The Bertz CT molecular complexity index is 1670. The van der Waals surface area contributed by atoms with Crippen molar-refractivity contribution >= 4 is 17.4 Å². The Morgan fingerprint density at radius 2 is 1.71 bits per heavy atom. The molecule has 232 valence electrons. The van der Waals surface area contributed by atoms with Crippen molar-refractivity contribution in [3.05, 3.63) is 125 Å².